The molecule has 2 aromatic rings. The highest BCUT2D eigenvalue weighted by atomic mass is 16.3. The van der Waals surface area contributed by atoms with Gasteiger partial charge in [-0.25, -0.2) is 0 Å². The van der Waals surface area contributed by atoms with Crippen LogP contribution in [0.15, 0.2) is 48.5 Å². The number of rotatable bonds is 6. The summed E-state index contributed by atoms with van der Waals surface area (Å²) >= 11 is 0. The Morgan fingerprint density at radius 3 is 1.59 bits per heavy atom. The number of benzene rings is 2. The largest absolute Gasteiger partial charge is 0.508 e. The van der Waals surface area contributed by atoms with Gasteiger partial charge < -0.3 is 10.2 Å². The number of hydrogen-bond donors (Lipinski definition) is 2. The third kappa shape index (κ3) is 3.91. The van der Waals surface area contributed by atoms with Crippen molar-refractivity contribution in [2.24, 2.45) is 0 Å². The molecule has 0 radical (unpaired) electrons. The molecule has 2 heteroatoms. The van der Waals surface area contributed by atoms with Crippen LogP contribution in [0.25, 0.3) is 11.1 Å². The van der Waals surface area contributed by atoms with Gasteiger partial charge in [-0.15, -0.1) is 0 Å². The number of phenolic OH excluding ortho intramolecular Hbond substituents is 2. The van der Waals surface area contributed by atoms with E-state index in [1.807, 2.05) is 24.3 Å². The lowest BCUT2D eigenvalue weighted by Gasteiger charge is -2.16. The summed E-state index contributed by atoms with van der Waals surface area (Å²) in [6.45, 7) is 4.36. The molecule has 116 valence electrons. The van der Waals surface area contributed by atoms with Crippen molar-refractivity contribution in [3.8, 4) is 11.5 Å². The van der Waals surface area contributed by atoms with E-state index in [0.29, 0.717) is 11.5 Å². The van der Waals surface area contributed by atoms with Gasteiger partial charge in [-0.3, -0.25) is 0 Å². The van der Waals surface area contributed by atoms with E-state index in [4.69, 9.17) is 0 Å². The molecule has 2 aromatic carbocycles. The molecule has 0 aliphatic heterocycles. The maximum absolute atomic E-state index is 9.51. The van der Waals surface area contributed by atoms with Gasteiger partial charge in [-0.05, 0) is 65.8 Å². The number of hydrogen-bond acceptors (Lipinski definition) is 2. The first-order valence-electron chi connectivity index (χ1n) is 7.96. The number of phenols is 2. The van der Waals surface area contributed by atoms with Crippen molar-refractivity contribution in [3.63, 3.8) is 0 Å². The fourth-order valence-electron chi connectivity index (χ4n) is 2.74. The maximum atomic E-state index is 9.51. The van der Waals surface area contributed by atoms with E-state index >= 15 is 0 Å². The Morgan fingerprint density at radius 1 is 0.727 bits per heavy atom. The van der Waals surface area contributed by atoms with Gasteiger partial charge in [-0.1, -0.05) is 44.5 Å². The zero-order valence-corrected chi connectivity index (χ0v) is 13.3. The van der Waals surface area contributed by atoms with Crippen LogP contribution in [0, 0.1) is 0 Å². The quantitative estimate of drug-likeness (QED) is 0.680. The van der Waals surface area contributed by atoms with Crippen LogP contribution >= 0.6 is 0 Å². The molecule has 0 aliphatic carbocycles. The number of allylic oxidation sites excluding steroid dienone is 2. The van der Waals surface area contributed by atoms with Gasteiger partial charge in [0.05, 0.1) is 0 Å². The number of unbranched alkanes of at least 4 members (excludes halogenated alkanes) is 1. The van der Waals surface area contributed by atoms with E-state index in [2.05, 4.69) is 13.8 Å². The zero-order chi connectivity index (χ0) is 15.9. The monoisotopic (exact) mass is 296 g/mol. The summed E-state index contributed by atoms with van der Waals surface area (Å²) in [7, 11) is 0. The third-order valence-corrected chi connectivity index (χ3v) is 3.93. The fraction of sp³-hybridized carbons (Fsp3) is 0.300. The van der Waals surface area contributed by atoms with E-state index in [1.54, 1.807) is 24.3 Å². The summed E-state index contributed by atoms with van der Waals surface area (Å²) in [4.78, 5) is 0. The van der Waals surface area contributed by atoms with Crippen molar-refractivity contribution in [1.29, 1.82) is 0 Å². The molecular formula is C20H24O2. The van der Waals surface area contributed by atoms with E-state index in [-0.39, 0.29) is 0 Å². The van der Waals surface area contributed by atoms with E-state index < -0.39 is 0 Å². The maximum Gasteiger partial charge on any atom is 0.115 e. The van der Waals surface area contributed by atoms with Gasteiger partial charge in [0.1, 0.15) is 11.5 Å². The highest BCUT2D eigenvalue weighted by Crippen LogP contribution is 2.33. The van der Waals surface area contributed by atoms with Crippen molar-refractivity contribution in [2.45, 2.75) is 39.5 Å². The normalized spacial score (nSPS) is 12.1. The molecule has 0 saturated carbocycles. The fourth-order valence-corrected chi connectivity index (χ4v) is 2.74. The van der Waals surface area contributed by atoms with Gasteiger partial charge >= 0.3 is 0 Å². The SMILES string of the molecule is CCCC/C(=C(/CC)c1ccc(O)cc1)c1ccc(O)cc1. The minimum Gasteiger partial charge on any atom is -0.508 e. The van der Waals surface area contributed by atoms with Crippen LogP contribution in [0.1, 0.15) is 50.7 Å². The first kappa shape index (κ1) is 16.2. The Labute approximate surface area is 132 Å². The van der Waals surface area contributed by atoms with Crippen LogP contribution in [-0.4, -0.2) is 10.2 Å². The van der Waals surface area contributed by atoms with Gasteiger partial charge in [0.25, 0.3) is 0 Å². The van der Waals surface area contributed by atoms with Crippen LogP contribution < -0.4 is 0 Å². The lowest BCUT2D eigenvalue weighted by atomic mass is 9.89. The van der Waals surface area contributed by atoms with Gasteiger partial charge in [-0.2, -0.15) is 0 Å². The predicted molar refractivity (Wildman–Crippen MR) is 92.8 cm³/mol. The second-order valence-electron chi connectivity index (χ2n) is 5.51. The molecule has 0 aromatic heterocycles. The van der Waals surface area contributed by atoms with Crippen LogP contribution in [0.3, 0.4) is 0 Å². The molecule has 0 bridgehead atoms. The Kier molecular flexibility index (Phi) is 5.65. The first-order valence-corrected chi connectivity index (χ1v) is 7.96. The molecule has 0 spiro atoms. The summed E-state index contributed by atoms with van der Waals surface area (Å²) in [5, 5.41) is 19.0. The van der Waals surface area contributed by atoms with Crippen LogP contribution in [-0.2, 0) is 0 Å². The molecule has 2 rings (SSSR count). The highest BCUT2D eigenvalue weighted by molar-refractivity contribution is 5.90. The molecule has 0 amide bonds. The molecule has 0 atom stereocenters. The van der Waals surface area contributed by atoms with Gasteiger partial charge in [0.15, 0.2) is 0 Å². The summed E-state index contributed by atoms with van der Waals surface area (Å²) in [5.74, 6) is 0.584. The molecule has 2 N–H and O–H groups in total. The average molecular weight is 296 g/mol. The van der Waals surface area contributed by atoms with Crippen LogP contribution in [0.4, 0.5) is 0 Å². The lowest BCUT2D eigenvalue weighted by molar-refractivity contribution is 0.474. The second kappa shape index (κ2) is 7.69. The van der Waals surface area contributed by atoms with E-state index in [0.717, 1.165) is 36.8 Å². The average Bonchev–Trinajstić information content (AvgIpc) is 2.54. The topological polar surface area (TPSA) is 40.5 Å². The highest BCUT2D eigenvalue weighted by Gasteiger charge is 2.10. The Bertz CT molecular complexity index is 622. The van der Waals surface area contributed by atoms with Crippen LogP contribution in [0.5, 0.6) is 11.5 Å². The van der Waals surface area contributed by atoms with Gasteiger partial charge in [0.2, 0.25) is 0 Å². The Morgan fingerprint density at radius 2 is 1.18 bits per heavy atom. The molecular weight excluding hydrogens is 272 g/mol. The number of aromatic hydroxyl groups is 2. The van der Waals surface area contributed by atoms with Crippen LogP contribution in [0.2, 0.25) is 0 Å². The van der Waals surface area contributed by atoms with Gasteiger partial charge in [0, 0.05) is 0 Å². The molecule has 2 nitrogen and oxygen atoms in total. The first-order chi connectivity index (χ1) is 10.7. The zero-order valence-electron chi connectivity index (χ0n) is 13.3. The summed E-state index contributed by atoms with van der Waals surface area (Å²) in [6, 6.07) is 14.9. The van der Waals surface area contributed by atoms with Crippen molar-refractivity contribution in [3.05, 3.63) is 59.7 Å². The lowest BCUT2D eigenvalue weighted by Crippen LogP contribution is -1.93. The summed E-state index contributed by atoms with van der Waals surface area (Å²) < 4.78 is 0. The molecule has 0 aliphatic rings. The molecule has 0 unspecified atom stereocenters. The third-order valence-electron chi connectivity index (χ3n) is 3.93. The molecule has 22 heavy (non-hydrogen) atoms. The van der Waals surface area contributed by atoms with E-state index in [1.165, 1.54) is 11.1 Å². The Balaban J connectivity index is 2.51. The minimum absolute atomic E-state index is 0.291. The van der Waals surface area contributed by atoms with Crippen molar-refractivity contribution < 1.29 is 10.2 Å². The second-order valence-corrected chi connectivity index (χ2v) is 5.51. The Hall–Kier alpha value is -2.22. The van der Waals surface area contributed by atoms with Crippen molar-refractivity contribution in [1.82, 2.24) is 0 Å². The predicted octanol–water partition coefficient (Wildman–Crippen LogP) is 5.61. The molecule has 0 fully saturated rings. The van der Waals surface area contributed by atoms with Crippen molar-refractivity contribution in [2.75, 3.05) is 0 Å². The molecule has 0 saturated heterocycles. The van der Waals surface area contributed by atoms with Crippen molar-refractivity contribution >= 4 is 11.1 Å². The standard InChI is InChI=1S/C20H24O2/c1-3-5-6-20(16-9-13-18(22)14-10-16)19(4-2)15-7-11-17(21)12-8-15/h7-14,21-22H,3-6H2,1-2H3/b20-19+. The van der Waals surface area contributed by atoms with E-state index in [9.17, 15) is 10.2 Å². The smallest absolute Gasteiger partial charge is 0.115 e. The summed E-state index contributed by atoms with van der Waals surface area (Å²) in [5.41, 5.74) is 4.95. The summed E-state index contributed by atoms with van der Waals surface area (Å²) in [6.07, 6.45) is 4.24. The minimum atomic E-state index is 0.291. The molecule has 0 heterocycles.